The monoisotopic (exact) mass is 452 g/mol. The fourth-order valence-corrected chi connectivity index (χ4v) is 4.39. The van der Waals surface area contributed by atoms with Crippen LogP contribution in [0.25, 0.3) is 0 Å². The van der Waals surface area contributed by atoms with E-state index in [1.54, 1.807) is 38.1 Å². The molecule has 0 radical (unpaired) electrons. The average Bonchev–Trinajstić information content (AvgIpc) is 2.73. The fourth-order valence-electron chi connectivity index (χ4n) is 2.73. The van der Waals surface area contributed by atoms with Crippen molar-refractivity contribution in [2.45, 2.75) is 38.3 Å². The molecule has 0 fully saturated rings. The minimum atomic E-state index is -3.61. The van der Waals surface area contributed by atoms with Gasteiger partial charge in [0.1, 0.15) is 0 Å². The van der Waals surface area contributed by atoms with Crippen LogP contribution in [0.15, 0.2) is 53.4 Å². The number of amides is 1. The molecular weight excluding hydrogens is 428 g/mol. The first-order valence-electron chi connectivity index (χ1n) is 9.53. The van der Waals surface area contributed by atoms with Crippen LogP contribution in [-0.2, 0) is 26.1 Å². The Bertz CT molecular complexity index is 989. The van der Waals surface area contributed by atoms with Gasteiger partial charge in [0.25, 0.3) is 5.91 Å². The van der Waals surface area contributed by atoms with E-state index < -0.39 is 28.0 Å². The predicted molar refractivity (Wildman–Crippen MR) is 115 cm³/mol. The van der Waals surface area contributed by atoms with Crippen LogP contribution >= 0.6 is 11.6 Å². The second-order valence-electron chi connectivity index (χ2n) is 6.47. The molecule has 7 nitrogen and oxygen atoms in total. The summed E-state index contributed by atoms with van der Waals surface area (Å²) >= 11 is 6.05. The van der Waals surface area contributed by atoms with Crippen molar-refractivity contribution in [1.82, 2.24) is 9.62 Å². The maximum Gasteiger partial charge on any atom is 0.338 e. The van der Waals surface area contributed by atoms with Gasteiger partial charge in [-0.3, -0.25) is 4.79 Å². The summed E-state index contributed by atoms with van der Waals surface area (Å²) in [7, 11) is -3.61. The summed E-state index contributed by atoms with van der Waals surface area (Å²) in [5, 5.41) is 3.20. The number of sulfonamides is 1. The van der Waals surface area contributed by atoms with E-state index in [2.05, 4.69) is 5.32 Å². The third kappa shape index (κ3) is 5.81. The molecule has 9 heteroatoms. The Morgan fingerprint density at radius 2 is 1.67 bits per heavy atom. The molecule has 0 bridgehead atoms. The first-order valence-corrected chi connectivity index (χ1v) is 11.3. The molecule has 162 valence electrons. The summed E-state index contributed by atoms with van der Waals surface area (Å²) in [5.74, 6) is -1.19. The SMILES string of the molecule is CCN(CC)S(=O)(=O)c1ccc(C(=O)OC(C)C(=O)NCc2ccccc2Cl)cc1. The molecule has 2 rings (SSSR count). The number of hydrogen-bond donors (Lipinski definition) is 1. The lowest BCUT2D eigenvalue weighted by Gasteiger charge is -2.18. The van der Waals surface area contributed by atoms with Gasteiger partial charge in [0.15, 0.2) is 6.10 Å². The standard InChI is InChI=1S/C21H25ClN2O5S/c1-4-24(5-2)30(27,28)18-12-10-16(11-13-18)21(26)29-15(3)20(25)23-14-17-8-6-7-9-19(17)22/h6-13,15H,4-5,14H2,1-3H3,(H,23,25). The molecule has 30 heavy (non-hydrogen) atoms. The highest BCUT2D eigenvalue weighted by Gasteiger charge is 2.23. The highest BCUT2D eigenvalue weighted by molar-refractivity contribution is 7.89. The summed E-state index contributed by atoms with van der Waals surface area (Å²) in [6, 6.07) is 12.5. The molecule has 1 unspecified atom stereocenters. The van der Waals surface area contributed by atoms with Crippen LogP contribution < -0.4 is 5.32 Å². The lowest BCUT2D eigenvalue weighted by molar-refractivity contribution is -0.129. The van der Waals surface area contributed by atoms with Gasteiger partial charge >= 0.3 is 5.97 Å². The number of esters is 1. The van der Waals surface area contributed by atoms with E-state index in [4.69, 9.17) is 16.3 Å². The van der Waals surface area contributed by atoms with Crippen molar-refractivity contribution in [1.29, 1.82) is 0 Å². The number of hydrogen-bond acceptors (Lipinski definition) is 5. The number of ether oxygens (including phenoxy) is 1. The van der Waals surface area contributed by atoms with Gasteiger partial charge in [-0.05, 0) is 42.8 Å². The largest absolute Gasteiger partial charge is 0.449 e. The van der Waals surface area contributed by atoms with Crippen LogP contribution in [0.1, 0.15) is 36.7 Å². The van der Waals surface area contributed by atoms with Gasteiger partial charge in [0, 0.05) is 24.7 Å². The zero-order valence-electron chi connectivity index (χ0n) is 17.1. The van der Waals surface area contributed by atoms with Crippen molar-refractivity contribution in [2.75, 3.05) is 13.1 Å². The van der Waals surface area contributed by atoms with Crippen LogP contribution in [0.2, 0.25) is 5.02 Å². The van der Waals surface area contributed by atoms with Crippen LogP contribution in [0, 0.1) is 0 Å². The first kappa shape index (κ1) is 23.9. The zero-order chi connectivity index (χ0) is 22.3. The maximum atomic E-state index is 12.5. The van der Waals surface area contributed by atoms with E-state index in [-0.39, 0.29) is 17.0 Å². The second-order valence-corrected chi connectivity index (χ2v) is 8.82. The first-order chi connectivity index (χ1) is 14.2. The number of carbonyl (C=O) groups excluding carboxylic acids is 2. The summed E-state index contributed by atoms with van der Waals surface area (Å²) in [6.07, 6.45) is -1.03. The molecule has 0 aliphatic carbocycles. The van der Waals surface area contributed by atoms with Gasteiger partial charge < -0.3 is 10.1 Å². The smallest absolute Gasteiger partial charge is 0.338 e. The molecule has 1 amide bonds. The molecule has 0 spiro atoms. The van der Waals surface area contributed by atoms with Crippen LogP contribution in [0.4, 0.5) is 0 Å². The molecule has 0 saturated carbocycles. The van der Waals surface area contributed by atoms with Crippen LogP contribution in [0.5, 0.6) is 0 Å². The third-order valence-corrected chi connectivity index (χ3v) is 6.93. The maximum absolute atomic E-state index is 12.5. The minimum absolute atomic E-state index is 0.0910. The number of nitrogens with zero attached hydrogens (tertiary/aromatic N) is 1. The van der Waals surface area contributed by atoms with E-state index >= 15 is 0 Å². The van der Waals surface area contributed by atoms with Crippen LogP contribution in [0.3, 0.4) is 0 Å². The van der Waals surface area contributed by atoms with Crippen molar-refractivity contribution >= 4 is 33.5 Å². The van der Waals surface area contributed by atoms with E-state index in [1.165, 1.54) is 35.5 Å². The molecule has 1 atom stereocenters. The highest BCUT2D eigenvalue weighted by atomic mass is 35.5. The Labute approximate surface area is 182 Å². The number of rotatable bonds is 9. The highest BCUT2D eigenvalue weighted by Crippen LogP contribution is 2.17. The van der Waals surface area contributed by atoms with Crippen molar-refractivity contribution in [3.63, 3.8) is 0 Å². The number of halogens is 1. The fraction of sp³-hybridized carbons (Fsp3) is 0.333. The molecule has 0 aromatic heterocycles. The zero-order valence-corrected chi connectivity index (χ0v) is 18.7. The summed E-state index contributed by atoms with van der Waals surface area (Å²) in [4.78, 5) is 24.6. The van der Waals surface area contributed by atoms with Crippen LogP contribution in [-0.4, -0.2) is 43.8 Å². The van der Waals surface area contributed by atoms with E-state index in [0.717, 1.165) is 5.56 Å². The molecule has 0 aliphatic rings. The predicted octanol–water partition coefficient (Wildman–Crippen LogP) is 3.23. The Kier molecular flexibility index (Phi) is 8.40. The minimum Gasteiger partial charge on any atom is -0.449 e. The summed E-state index contributed by atoms with van der Waals surface area (Å²) in [5.41, 5.74) is 0.898. The molecule has 0 saturated heterocycles. The molecule has 0 aliphatic heterocycles. The van der Waals surface area contributed by atoms with Crippen molar-refractivity contribution in [3.05, 3.63) is 64.7 Å². The van der Waals surface area contributed by atoms with Crippen molar-refractivity contribution in [3.8, 4) is 0 Å². The van der Waals surface area contributed by atoms with E-state index in [1.807, 2.05) is 0 Å². The third-order valence-electron chi connectivity index (χ3n) is 4.50. The molecule has 0 heterocycles. The Balaban J connectivity index is 1.98. The average molecular weight is 453 g/mol. The lowest BCUT2D eigenvalue weighted by Crippen LogP contribution is -2.35. The Morgan fingerprint density at radius 3 is 2.23 bits per heavy atom. The van der Waals surface area contributed by atoms with Gasteiger partial charge in [0.2, 0.25) is 10.0 Å². The van der Waals surface area contributed by atoms with Gasteiger partial charge in [0.05, 0.1) is 10.5 Å². The molecule has 2 aromatic rings. The van der Waals surface area contributed by atoms with Gasteiger partial charge in [-0.2, -0.15) is 4.31 Å². The summed E-state index contributed by atoms with van der Waals surface area (Å²) in [6.45, 7) is 5.88. The molecule has 2 aromatic carbocycles. The van der Waals surface area contributed by atoms with Gasteiger partial charge in [-0.15, -0.1) is 0 Å². The Morgan fingerprint density at radius 1 is 1.07 bits per heavy atom. The second kappa shape index (κ2) is 10.6. The van der Waals surface area contributed by atoms with Gasteiger partial charge in [-0.25, -0.2) is 13.2 Å². The summed E-state index contributed by atoms with van der Waals surface area (Å²) < 4.78 is 31.5. The van der Waals surface area contributed by atoms with Crippen molar-refractivity contribution < 1.29 is 22.7 Å². The van der Waals surface area contributed by atoms with E-state index in [9.17, 15) is 18.0 Å². The number of carbonyl (C=O) groups is 2. The molecule has 1 N–H and O–H groups in total. The lowest BCUT2D eigenvalue weighted by atomic mass is 10.2. The Hall–Kier alpha value is -2.42. The van der Waals surface area contributed by atoms with Crippen molar-refractivity contribution in [2.24, 2.45) is 0 Å². The number of nitrogens with one attached hydrogen (secondary N) is 1. The topological polar surface area (TPSA) is 92.8 Å². The van der Waals surface area contributed by atoms with Gasteiger partial charge in [-0.1, -0.05) is 43.6 Å². The molecular formula is C21H25ClN2O5S. The van der Waals surface area contributed by atoms with E-state index in [0.29, 0.717) is 18.1 Å². The quantitative estimate of drug-likeness (QED) is 0.589. The number of benzene rings is 2. The normalized spacial score (nSPS) is 12.4.